The molecule has 0 saturated carbocycles. The second-order valence-corrected chi connectivity index (χ2v) is 6.30. The maximum atomic E-state index is 12.5. The summed E-state index contributed by atoms with van der Waals surface area (Å²) in [4.78, 5) is 36.6. The van der Waals surface area contributed by atoms with E-state index in [0.717, 1.165) is 30.8 Å². The Labute approximate surface area is 142 Å². The molecule has 1 fully saturated rings. The molecule has 1 aliphatic heterocycles. The largest absolute Gasteiger partial charge is 0.469 e. The third-order valence-corrected chi connectivity index (χ3v) is 4.70. The van der Waals surface area contributed by atoms with Crippen molar-refractivity contribution in [2.24, 2.45) is 5.92 Å². The van der Waals surface area contributed by atoms with Crippen LogP contribution in [0.3, 0.4) is 0 Å². The summed E-state index contributed by atoms with van der Waals surface area (Å²) in [5.74, 6) is -0.328. The summed E-state index contributed by atoms with van der Waals surface area (Å²) in [7, 11) is 1.41. The number of anilines is 1. The predicted molar refractivity (Wildman–Crippen MR) is 90.0 cm³/mol. The molecular formula is C18H25N2O4+. The van der Waals surface area contributed by atoms with Crippen LogP contribution >= 0.6 is 0 Å². The highest BCUT2D eigenvalue weighted by molar-refractivity contribution is 5.97. The molecule has 1 aliphatic rings. The van der Waals surface area contributed by atoms with Gasteiger partial charge in [-0.2, -0.15) is 0 Å². The highest BCUT2D eigenvalue weighted by Gasteiger charge is 2.33. The van der Waals surface area contributed by atoms with Crippen LogP contribution in [0, 0.1) is 5.92 Å². The number of rotatable bonds is 5. The Kier molecular flexibility index (Phi) is 6.09. The van der Waals surface area contributed by atoms with E-state index in [-0.39, 0.29) is 29.6 Å². The molecule has 1 atom stereocenters. The van der Waals surface area contributed by atoms with E-state index in [0.29, 0.717) is 11.3 Å². The lowest BCUT2D eigenvalue weighted by Crippen LogP contribution is -3.17. The van der Waals surface area contributed by atoms with Gasteiger partial charge in [-0.15, -0.1) is 0 Å². The van der Waals surface area contributed by atoms with Crippen molar-refractivity contribution in [3.05, 3.63) is 29.8 Å². The van der Waals surface area contributed by atoms with Gasteiger partial charge < -0.3 is 15.0 Å². The van der Waals surface area contributed by atoms with Gasteiger partial charge in [-0.3, -0.25) is 14.4 Å². The SMILES string of the molecule is COC(=O)C1CC[NH+]([C@@H](C)C(=O)Nc2cccc(C(C)=O)c2)CC1. The number of hydrogen-bond acceptors (Lipinski definition) is 4. The van der Waals surface area contributed by atoms with Crippen molar-refractivity contribution < 1.29 is 24.0 Å². The van der Waals surface area contributed by atoms with Crippen molar-refractivity contribution in [3.63, 3.8) is 0 Å². The van der Waals surface area contributed by atoms with E-state index >= 15 is 0 Å². The summed E-state index contributed by atoms with van der Waals surface area (Å²) in [6, 6.07) is 6.72. The molecule has 1 heterocycles. The Morgan fingerprint density at radius 3 is 2.50 bits per heavy atom. The minimum atomic E-state index is -0.218. The Morgan fingerprint density at radius 2 is 1.92 bits per heavy atom. The first-order valence-electron chi connectivity index (χ1n) is 8.26. The molecule has 0 radical (unpaired) electrons. The van der Waals surface area contributed by atoms with E-state index in [2.05, 4.69) is 5.32 Å². The Hall–Kier alpha value is -2.21. The zero-order valence-electron chi connectivity index (χ0n) is 14.4. The van der Waals surface area contributed by atoms with Crippen LogP contribution in [-0.2, 0) is 14.3 Å². The van der Waals surface area contributed by atoms with E-state index in [4.69, 9.17) is 4.74 Å². The normalized spacial score (nSPS) is 21.6. The second-order valence-electron chi connectivity index (χ2n) is 6.30. The van der Waals surface area contributed by atoms with Crippen LogP contribution < -0.4 is 10.2 Å². The fourth-order valence-electron chi connectivity index (χ4n) is 3.08. The smallest absolute Gasteiger partial charge is 0.309 e. The average Bonchev–Trinajstić information content (AvgIpc) is 2.60. The summed E-state index contributed by atoms with van der Waals surface area (Å²) >= 11 is 0. The topological polar surface area (TPSA) is 76.9 Å². The third-order valence-electron chi connectivity index (χ3n) is 4.70. The summed E-state index contributed by atoms with van der Waals surface area (Å²) in [5.41, 5.74) is 1.20. The molecule has 1 saturated heterocycles. The van der Waals surface area contributed by atoms with Crippen LogP contribution in [0.1, 0.15) is 37.0 Å². The van der Waals surface area contributed by atoms with Crippen molar-refractivity contribution in [1.82, 2.24) is 0 Å². The van der Waals surface area contributed by atoms with Crippen LogP contribution in [0.5, 0.6) is 0 Å². The molecule has 1 amide bonds. The number of carbonyl (C=O) groups is 3. The van der Waals surface area contributed by atoms with Crippen molar-refractivity contribution in [2.45, 2.75) is 32.7 Å². The zero-order chi connectivity index (χ0) is 17.7. The van der Waals surface area contributed by atoms with Crippen molar-refractivity contribution in [3.8, 4) is 0 Å². The first kappa shape index (κ1) is 18.1. The molecule has 0 unspecified atom stereocenters. The zero-order valence-corrected chi connectivity index (χ0v) is 14.4. The van der Waals surface area contributed by atoms with E-state index in [1.165, 1.54) is 14.0 Å². The highest BCUT2D eigenvalue weighted by atomic mass is 16.5. The molecule has 1 aromatic carbocycles. The van der Waals surface area contributed by atoms with Gasteiger partial charge in [-0.1, -0.05) is 12.1 Å². The number of nitrogens with one attached hydrogen (secondary N) is 2. The molecule has 130 valence electrons. The van der Waals surface area contributed by atoms with Crippen LogP contribution in [0.25, 0.3) is 0 Å². The number of ether oxygens (including phenoxy) is 1. The van der Waals surface area contributed by atoms with E-state index in [1.54, 1.807) is 24.3 Å². The first-order chi connectivity index (χ1) is 11.4. The van der Waals surface area contributed by atoms with Crippen LogP contribution in [0.15, 0.2) is 24.3 Å². The number of likely N-dealkylation sites (tertiary alicyclic amines) is 1. The number of Topliss-reactive ketones (excluding diaryl/α,β-unsaturated/α-hetero) is 1. The fourth-order valence-corrected chi connectivity index (χ4v) is 3.08. The quantitative estimate of drug-likeness (QED) is 0.614. The van der Waals surface area contributed by atoms with Gasteiger partial charge in [0.25, 0.3) is 5.91 Å². The van der Waals surface area contributed by atoms with E-state index < -0.39 is 0 Å². The van der Waals surface area contributed by atoms with Crippen molar-refractivity contribution >= 4 is 23.3 Å². The number of benzene rings is 1. The molecule has 0 aromatic heterocycles. The molecule has 2 rings (SSSR count). The highest BCUT2D eigenvalue weighted by Crippen LogP contribution is 2.13. The fraction of sp³-hybridized carbons (Fsp3) is 0.500. The summed E-state index contributed by atoms with van der Waals surface area (Å²) in [5, 5.41) is 2.88. The van der Waals surface area contributed by atoms with Crippen molar-refractivity contribution in [2.75, 3.05) is 25.5 Å². The molecule has 24 heavy (non-hydrogen) atoms. The monoisotopic (exact) mass is 333 g/mol. The Bertz CT molecular complexity index is 621. The number of quaternary nitrogens is 1. The molecule has 0 aliphatic carbocycles. The molecule has 0 spiro atoms. The number of piperidine rings is 1. The number of ketones is 1. The summed E-state index contributed by atoms with van der Waals surface area (Å²) in [6.45, 7) is 4.92. The van der Waals surface area contributed by atoms with Gasteiger partial charge in [-0.05, 0) is 26.0 Å². The molecule has 0 bridgehead atoms. The first-order valence-corrected chi connectivity index (χ1v) is 8.26. The Morgan fingerprint density at radius 1 is 1.25 bits per heavy atom. The molecule has 6 heteroatoms. The number of esters is 1. The second kappa shape index (κ2) is 8.06. The van der Waals surface area contributed by atoms with Gasteiger partial charge in [0.1, 0.15) is 0 Å². The molecule has 2 N–H and O–H groups in total. The minimum absolute atomic E-state index is 0.0327. The van der Waals surface area contributed by atoms with Crippen LogP contribution in [0.4, 0.5) is 5.69 Å². The maximum Gasteiger partial charge on any atom is 0.309 e. The van der Waals surface area contributed by atoms with Gasteiger partial charge >= 0.3 is 5.97 Å². The van der Waals surface area contributed by atoms with Crippen molar-refractivity contribution in [1.29, 1.82) is 0 Å². The predicted octanol–water partition coefficient (Wildman–Crippen LogP) is 0.684. The van der Waals surface area contributed by atoms with E-state index in [9.17, 15) is 14.4 Å². The third kappa shape index (κ3) is 4.41. The number of methoxy groups -OCH3 is 1. The van der Waals surface area contributed by atoms with Crippen LogP contribution in [0.2, 0.25) is 0 Å². The molecule has 1 aromatic rings. The lowest BCUT2D eigenvalue weighted by Gasteiger charge is -2.31. The van der Waals surface area contributed by atoms with Gasteiger partial charge in [0.2, 0.25) is 0 Å². The van der Waals surface area contributed by atoms with Gasteiger partial charge in [0, 0.05) is 24.1 Å². The summed E-state index contributed by atoms with van der Waals surface area (Å²) < 4.78 is 4.79. The molecular weight excluding hydrogens is 308 g/mol. The van der Waals surface area contributed by atoms with Crippen LogP contribution in [-0.4, -0.2) is 43.9 Å². The maximum absolute atomic E-state index is 12.5. The summed E-state index contributed by atoms with van der Waals surface area (Å²) in [6.07, 6.45) is 1.47. The minimum Gasteiger partial charge on any atom is -0.469 e. The number of carbonyl (C=O) groups excluding carboxylic acids is 3. The average molecular weight is 333 g/mol. The molecule has 6 nitrogen and oxygen atoms in total. The van der Waals surface area contributed by atoms with E-state index in [1.807, 2.05) is 6.92 Å². The number of hydrogen-bond donors (Lipinski definition) is 2. The Balaban J connectivity index is 1.92. The lowest BCUT2D eigenvalue weighted by atomic mass is 9.96. The lowest BCUT2D eigenvalue weighted by molar-refractivity contribution is -0.919. The van der Waals surface area contributed by atoms with Gasteiger partial charge in [-0.25, -0.2) is 0 Å². The van der Waals surface area contributed by atoms with Gasteiger partial charge in [0.15, 0.2) is 11.8 Å². The number of amides is 1. The van der Waals surface area contributed by atoms with Gasteiger partial charge in [0.05, 0.1) is 26.1 Å². The standard InChI is InChI=1S/C18H24N2O4/c1-12(20-9-7-14(8-10-20)18(23)24-3)17(22)19-16-6-4-5-15(11-16)13(2)21/h4-6,11-12,14H,7-10H2,1-3H3,(H,19,22)/p+1/t12-/m0/s1.